The van der Waals surface area contributed by atoms with E-state index >= 15 is 0 Å². The molecule has 180 valence electrons. The molecule has 2 bridgehead atoms. The Kier molecular flexibility index (Phi) is 4.61. The largest absolute Gasteiger partial charge is 0.433 e. The van der Waals surface area contributed by atoms with Gasteiger partial charge in [0.15, 0.2) is 12.1 Å². The molecule has 3 aliphatic rings. The highest BCUT2D eigenvalue weighted by molar-refractivity contribution is 6.22. The molecule has 0 aliphatic carbocycles. The second-order valence-corrected chi connectivity index (χ2v) is 9.15. The Labute approximate surface area is 202 Å². The molecule has 0 N–H and O–H groups in total. The number of benzene rings is 2. The summed E-state index contributed by atoms with van der Waals surface area (Å²) in [6.07, 6.45) is -3.47. The number of hydrogen-bond acceptors (Lipinski definition) is 6. The fraction of sp³-hybridized carbons (Fsp3) is 0.240. The molecule has 3 fully saturated rings. The van der Waals surface area contributed by atoms with Crippen LogP contribution in [0.15, 0.2) is 54.7 Å². The molecular weight excluding hydrogens is 475 g/mol. The van der Waals surface area contributed by atoms with Gasteiger partial charge in [-0.25, -0.2) is 19.2 Å². The Morgan fingerprint density at radius 1 is 1.06 bits per heavy atom. The van der Waals surface area contributed by atoms with Crippen molar-refractivity contribution in [2.75, 3.05) is 24.7 Å². The molecule has 36 heavy (non-hydrogen) atoms. The fourth-order valence-electron chi connectivity index (χ4n) is 5.83. The van der Waals surface area contributed by atoms with Crippen molar-refractivity contribution in [1.29, 1.82) is 5.26 Å². The zero-order chi connectivity index (χ0) is 25.4. The van der Waals surface area contributed by atoms with E-state index in [0.29, 0.717) is 10.8 Å². The number of pyridine rings is 1. The normalized spacial score (nSPS) is 26.9. The highest BCUT2D eigenvalue weighted by Crippen LogP contribution is 2.46. The summed E-state index contributed by atoms with van der Waals surface area (Å²) in [7, 11) is 0. The van der Waals surface area contributed by atoms with E-state index in [2.05, 4.69) is 4.98 Å². The molecule has 4 unspecified atom stereocenters. The number of carbonyl (C=O) groups is 3. The Morgan fingerprint density at radius 3 is 2.47 bits per heavy atom. The number of Topliss-reactive ketones (excluding diaryl/α,β-unsaturated/α-hetero) is 1. The maximum atomic E-state index is 14.0. The van der Waals surface area contributed by atoms with Crippen molar-refractivity contribution in [2.45, 2.75) is 18.3 Å². The molecule has 4 heterocycles. The number of imide groups is 1. The van der Waals surface area contributed by atoms with Gasteiger partial charge in [-0.05, 0) is 6.07 Å². The van der Waals surface area contributed by atoms with Crippen LogP contribution in [0.5, 0.6) is 0 Å². The summed E-state index contributed by atoms with van der Waals surface area (Å²) in [5.74, 6) is -1.36. The lowest BCUT2D eigenvalue weighted by atomic mass is 9.95. The Morgan fingerprint density at radius 2 is 1.75 bits per heavy atom. The van der Waals surface area contributed by atoms with Crippen LogP contribution in [0.2, 0.25) is 0 Å². The first-order chi connectivity index (χ1) is 17.2. The zero-order valence-corrected chi connectivity index (χ0v) is 18.6. The summed E-state index contributed by atoms with van der Waals surface area (Å²) in [6.45, 7) is 0.339. The van der Waals surface area contributed by atoms with Crippen molar-refractivity contribution in [3.8, 4) is 6.07 Å². The van der Waals surface area contributed by atoms with E-state index in [9.17, 15) is 32.8 Å². The van der Waals surface area contributed by atoms with Crippen LogP contribution in [0.25, 0.3) is 10.8 Å². The maximum Gasteiger partial charge on any atom is 0.433 e. The third-order valence-electron chi connectivity index (χ3n) is 7.38. The van der Waals surface area contributed by atoms with Gasteiger partial charge in [0.05, 0.1) is 30.5 Å². The van der Waals surface area contributed by atoms with Crippen molar-refractivity contribution in [3.05, 3.63) is 71.5 Å². The van der Waals surface area contributed by atoms with Gasteiger partial charge in [0.2, 0.25) is 5.78 Å². The van der Waals surface area contributed by atoms with Crippen LogP contribution in [-0.2, 0) is 11.0 Å². The second kappa shape index (κ2) is 7.43. The minimum atomic E-state index is -4.75. The molecule has 0 saturated carbocycles. The molecule has 3 saturated heterocycles. The van der Waals surface area contributed by atoms with Crippen molar-refractivity contribution in [2.24, 2.45) is 0 Å². The van der Waals surface area contributed by atoms with Crippen LogP contribution in [0.3, 0.4) is 0 Å². The Hall–Kier alpha value is -4.14. The molecule has 0 radical (unpaired) electrons. The highest BCUT2D eigenvalue weighted by Gasteiger charge is 2.73. The first-order valence-electron chi connectivity index (χ1n) is 11.1. The first kappa shape index (κ1) is 22.3. The summed E-state index contributed by atoms with van der Waals surface area (Å²) in [6, 6.07) is 10.4. The number of halogens is 3. The standard InChI is InChI=1S/C25H17F3N5O3/c26-25(27,28)17-8-4-3-7-16(17)22(34)20-11-31-12-21-23(35)32(24(36)33(20,21)13-31)19-10-30-18(9-29)14-5-1-2-6-15(14)19/h1-8,10,20-21H,11-13H2/q+1. The molecular formula is C25H17F3N5O3+. The van der Waals surface area contributed by atoms with Crippen molar-refractivity contribution < 1.29 is 32.0 Å². The summed E-state index contributed by atoms with van der Waals surface area (Å²) in [5, 5.41) is 10.3. The van der Waals surface area contributed by atoms with Crippen LogP contribution in [0.1, 0.15) is 21.6 Å². The van der Waals surface area contributed by atoms with Crippen LogP contribution >= 0.6 is 0 Å². The number of nitriles is 1. The Balaban J connectivity index is 1.46. The van der Waals surface area contributed by atoms with E-state index in [4.69, 9.17) is 0 Å². The average Bonchev–Trinajstić information content (AvgIpc) is 3.51. The number of quaternary nitrogens is 1. The number of rotatable bonds is 3. The van der Waals surface area contributed by atoms with Gasteiger partial charge in [-0.1, -0.05) is 42.5 Å². The molecule has 3 aromatic rings. The van der Waals surface area contributed by atoms with Crippen LogP contribution in [0.4, 0.5) is 23.7 Å². The molecule has 2 aromatic carbocycles. The van der Waals surface area contributed by atoms with E-state index in [1.807, 2.05) is 6.07 Å². The van der Waals surface area contributed by atoms with E-state index in [-0.39, 0.29) is 31.1 Å². The smallest absolute Gasteiger partial charge is 0.287 e. The molecule has 6 rings (SSSR count). The number of urea groups is 1. The number of anilines is 1. The lowest BCUT2D eigenvalue weighted by Gasteiger charge is -2.33. The average molecular weight is 492 g/mol. The summed E-state index contributed by atoms with van der Waals surface area (Å²) in [5.41, 5.74) is -1.27. The van der Waals surface area contributed by atoms with E-state index in [0.717, 1.165) is 17.0 Å². The first-order valence-corrected chi connectivity index (χ1v) is 11.1. The molecule has 3 amide bonds. The lowest BCUT2D eigenvalue weighted by molar-refractivity contribution is -0.852. The maximum absolute atomic E-state index is 14.0. The quantitative estimate of drug-likeness (QED) is 0.316. The van der Waals surface area contributed by atoms with Gasteiger partial charge in [0.1, 0.15) is 18.4 Å². The predicted octanol–water partition coefficient (Wildman–Crippen LogP) is 3.32. The summed E-state index contributed by atoms with van der Waals surface area (Å²) < 4.78 is 40.4. The number of nitrogens with zero attached hydrogens (tertiary/aromatic N) is 5. The number of hydrogen-bond donors (Lipinski definition) is 0. The third-order valence-corrected chi connectivity index (χ3v) is 7.38. The third kappa shape index (κ3) is 2.82. The molecule has 3 aliphatic heterocycles. The van der Waals surface area contributed by atoms with Gasteiger partial charge in [0.25, 0.3) is 5.91 Å². The molecule has 8 nitrogen and oxygen atoms in total. The summed E-state index contributed by atoms with van der Waals surface area (Å²) >= 11 is 0. The van der Waals surface area contributed by atoms with Crippen LogP contribution in [0, 0.1) is 11.3 Å². The van der Waals surface area contributed by atoms with Gasteiger partial charge >= 0.3 is 12.2 Å². The lowest BCUT2D eigenvalue weighted by Crippen LogP contribution is -2.62. The van der Waals surface area contributed by atoms with Gasteiger partial charge in [-0.15, -0.1) is 0 Å². The number of ketones is 1. The Bertz CT molecular complexity index is 1530. The number of piperazine rings is 1. The van der Waals surface area contributed by atoms with Gasteiger partial charge < -0.3 is 0 Å². The van der Waals surface area contributed by atoms with E-state index in [1.54, 1.807) is 29.2 Å². The highest BCUT2D eigenvalue weighted by atomic mass is 19.4. The van der Waals surface area contributed by atoms with Crippen molar-refractivity contribution >= 4 is 34.2 Å². The van der Waals surface area contributed by atoms with Gasteiger partial charge in [0, 0.05) is 16.3 Å². The topological polar surface area (TPSA) is 94.4 Å². The minimum Gasteiger partial charge on any atom is -0.287 e. The van der Waals surface area contributed by atoms with Crippen molar-refractivity contribution in [1.82, 2.24) is 9.88 Å². The SMILES string of the molecule is N#Cc1ncc(N2C(=O)C3CN4CC(C(=O)c5ccccc5C(F)(F)F)[N+]3(C4)C2=O)c2ccccc12. The number of fused-ring (bicyclic) bond motifs is 2. The number of amides is 3. The molecule has 1 spiro atoms. The molecule has 4 atom stereocenters. The second-order valence-electron chi connectivity index (χ2n) is 9.15. The fourth-order valence-corrected chi connectivity index (χ4v) is 5.83. The zero-order valence-electron chi connectivity index (χ0n) is 18.6. The predicted molar refractivity (Wildman–Crippen MR) is 119 cm³/mol. The van der Waals surface area contributed by atoms with E-state index in [1.165, 1.54) is 18.3 Å². The van der Waals surface area contributed by atoms with Crippen LogP contribution in [-0.4, -0.2) is 63.9 Å². The van der Waals surface area contributed by atoms with Crippen molar-refractivity contribution in [3.63, 3.8) is 0 Å². The monoisotopic (exact) mass is 492 g/mol. The minimum absolute atomic E-state index is 0.0535. The summed E-state index contributed by atoms with van der Waals surface area (Å²) in [4.78, 5) is 48.0. The number of aromatic nitrogens is 1. The van der Waals surface area contributed by atoms with Gasteiger partial charge in [-0.3, -0.25) is 9.59 Å². The van der Waals surface area contributed by atoms with E-state index < -0.39 is 51.6 Å². The molecule has 1 aromatic heterocycles. The van der Waals surface area contributed by atoms with Gasteiger partial charge in [-0.2, -0.15) is 23.3 Å². The number of alkyl halides is 3. The number of carbonyl (C=O) groups excluding carboxylic acids is 3. The molecule has 11 heteroatoms. The van der Waals surface area contributed by atoms with Crippen LogP contribution < -0.4 is 4.90 Å².